The zero-order chi connectivity index (χ0) is 42.1. The first-order valence-electron chi connectivity index (χ1n) is 19.6. The molecular formula is C41H53N7O9S. The van der Waals surface area contributed by atoms with Crippen molar-refractivity contribution in [2.45, 2.75) is 109 Å². The van der Waals surface area contributed by atoms with Crippen LogP contribution in [-0.2, 0) is 23.9 Å². The van der Waals surface area contributed by atoms with Crippen molar-refractivity contribution in [2.75, 3.05) is 30.9 Å². The average molecular weight is 820 g/mol. The van der Waals surface area contributed by atoms with E-state index in [4.69, 9.17) is 19.2 Å². The van der Waals surface area contributed by atoms with Gasteiger partial charge in [-0.1, -0.05) is 26.8 Å². The number of ether oxygens (including phenoxy) is 3. The average Bonchev–Trinajstić information content (AvgIpc) is 3.56. The highest BCUT2D eigenvalue weighted by molar-refractivity contribution is 7.14. The van der Waals surface area contributed by atoms with E-state index in [1.807, 2.05) is 58.0 Å². The van der Waals surface area contributed by atoms with Crippen LogP contribution >= 0.6 is 11.3 Å². The highest BCUT2D eigenvalue weighted by atomic mass is 32.1. The van der Waals surface area contributed by atoms with Gasteiger partial charge >= 0.3 is 18.2 Å². The Morgan fingerprint density at radius 2 is 1.78 bits per heavy atom. The Hall–Kier alpha value is -5.45. The Labute approximate surface area is 341 Å². The number of nitrogens with one attached hydrogen (secondary N) is 3. The van der Waals surface area contributed by atoms with Gasteiger partial charge in [-0.2, -0.15) is 0 Å². The molecule has 3 fully saturated rings. The number of carboxylic acids is 1. The zero-order valence-electron chi connectivity index (χ0n) is 34.0. The molecule has 2 saturated carbocycles. The van der Waals surface area contributed by atoms with Gasteiger partial charge in [-0.15, -0.1) is 17.9 Å². The van der Waals surface area contributed by atoms with Crippen molar-refractivity contribution < 1.29 is 43.3 Å². The molecule has 2 aliphatic carbocycles. The van der Waals surface area contributed by atoms with Crippen molar-refractivity contribution in [3.8, 4) is 17.1 Å². The van der Waals surface area contributed by atoms with Crippen molar-refractivity contribution >= 4 is 63.0 Å². The summed E-state index contributed by atoms with van der Waals surface area (Å²) in [6.07, 6.45) is 2.47. The van der Waals surface area contributed by atoms with E-state index in [1.54, 1.807) is 25.3 Å². The van der Waals surface area contributed by atoms with Gasteiger partial charge in [-0.25, -0.2) is 24.4 Å². The number of carboxylic acid groups (broad SMARTS) is 1. The molecule has 0 spiro atoms. The van der Waals surface area contributed by atoms with Crippen LogP contribution in [-0.4, -0.2) is 107 Å². The number of aromatic nitrogens is 2. The van der Waals surface area contributed by atoms with Crippen LogP contribution < -0.4 is 25.6 Å². The van der Waals surface area contributed by atoms with Crippen molar-refractivity contribution in [1.82, 2.24) is 25.5 Å². The largest absolute Gasteiger partial charge is 0.488 e. The quantitative estimate of drug-likeness (QED) is 0.148. The molecule has 58 heavy (non-hydrogen) atoms. The van der Waals surface area contributed by atoms with Crippen LogP contribution in [0.5, 0.6) is 5.75 Å². The maximum absolute atomic E-state index is 14.6. The van der Waals surface area contributed by atoms with Crippen LogP contribution in [0.3, 0.4) is 0 Å². The minimum Gasteiger partial charge on any atom is -0.488 e. The summed E-state index contributed by atoms with van der Waals surface area (Å²) in [5, 5.41) is 21.0. The molecule has 4 amide bonds. The number of benzene rings is 1. The third kappa shape index (κ3) is 9.30. The van der Waals surface area contributed by atoms with Gasteiger partial charge in [0.2, 0.25) is 11.8 Å². The molecular weight excluding hydrogens is 767 g/mol. The second-order valence-corrected chi connectivity index (χ2v) is 17.6. The Morgan fingerprint density at radius 1 is 1.05 bits per heavy atom. The monoisotopic (exact) mass is 819 g/mol. The van der Waals surface area contributed by atoms with Gasteiger partial charge in [0, 0.05) is 49.0 Å². The lowest BCUT2D eigenvalue weighted by molar-refractivity contribution is -0.146. The number of alkyl carbamates (subject to hydrolysis) is 1. The summed E-state index contributed by atoms with van der Waals surface area (Å²) < 4.78 is 17.6. The molecule has 5 atom stereocenters. The van der Waals surface area contributed by atoms with Crippen LogP contribution in [0.1, 0.15) is 73.1 Å². The minimum atomic E-state index is -1.54. The highest BCUT2D eigenvalue weighted by Crippen LogP contribution is 2.45. The van der Waals surface area contributed by atoms with Crippen LogP contribution in [0.4, 0.5) is 20.4 Å². The first kappa shape index (κ1) is 42.2. The fourth-order valence-electron chi connectivity index (χ4n) is 7.47. The maximum atomic E-state index is 14.6. The molecule has 2 aromatic heterocycles. The third-order valence-electron chi connectivity index (χ3n) is 10.7. The van der Waals surface area contributed by atoms with Crippen molar-refractivity contribution in [3.63, 3.8) is 0 Å². The summed E-state index contributed by atoms with van der Waals surface area (Å²) in [5.74, 6) is -2.44. The van der Waals surface area contributed by atoms with Gasteiger partial charge in [0.15, 0.2) is 5.13 Å². The molecule has 0 bridgehead atoms. The molecule has 4 N–H and O–H groups in total. The number of aliphatic carboxylic acids is 1. The van der Waals surface area contributed by atoms with Crippen LogP contribution in [0, 0.1) is 11.3 Å². The first-order chi connectivity index (χ1) is 27.4. The molecule has 6 rings (SSSR count). The molecule has 1 aliphatic heterocycles. The Kier molecular flexibility index (Phi) is 12.2. The summed E-state index contributed by atoms with van der Waals surface area (Å²) in [6.45, 7) is 12.6. The molecule has 3 heterocycles. The predicted molar refractivity (Wildman–Crippen MR) is 219 cm³/mol. The molecule has 17 heteroatoms. The number of rotatable bonds is 13. The van der Waals surface area contributed by atoms with E-state index < -0.39 is 65.0 Å². The fraction of sp³-hybridized carbons (Fsp3) is 0.537. The number of likely N-dealkylation sites (tertiary alicyclic amines) is 1. The highest BCUT2D eigenvalue weighted by Gasteiger charge is 2.61. The number of anilines is 2. The summed E-state index contributed by atoms with van der Waals surface area (Å²) in [4.78, 5) is 79.4. The van der Waals surface area contributed by atoms with Gasteiger partial charge < -0.3 is 39.8 Å². The number of hydrogen-bond donors (Lipinski definition) is 4. The lowest BCUT2D eigenvalue weighted by atomic mass is 9.85. The minimum absolute atomic E-state index is 0.0209. The van der Waals surface area contributed by atoms with Gasteiger partial charge in [0.05, 0.1) is 23.9 Å². The molecule has 3 aromatic rings. The predicted octanol–water partition coefficient (Wildman–Crippen LogP) is 5.96. The molecule has 312 valence electrons. The van der Waals surface area contributed by atoms with E-state index in [0.29, 0.717) is 33.2 Å². The molecule has 3 aliphatic rings. The van der Waals surface area contributed by atoms with Gasteiger partial charge in [0.1, 0.15) is 41.3 Å². The van der Waals surface area contributed by atoms with E-state index in [2.05, 4.69) is 27.5 Å². The van der Waals surface area contributed by atoms with Crippen molar-refractivity contribution in [1.29, 1.82) is 0 Å². The van der Waals surface area contributed by atoms with E-state index in [0.717, 1.165) is 31.4 Å². The smallest absolute Gasteiger partial charge is 0.413 e. The van der Waals surface area contributed by atoms with Crippen molar-refractivity contribution in [3.05, 3.63) is 42.3 Å². The van der Waals surface area contributed by atoms with Crippen molar-refractivity contribution in [2.24, 2.45) is 11.3 Å². The first-order valence-corrected chi connectivity index (χ1v) is 20.4. The normalized spacial score (nSPS) is 22.3. The van der Waals surface area contributed by atoms with Gasteiger partial charge in [0.25, 0.3) is 0 Å². The standard InChI is InChI=1S/C41H53N7O9S/c1-9-23-19-41(23,36(51)52)46-34(49)31-17-26(20-48(31)35(50)33(40(4,5)6)44-38(53)57-25-12-10-11-13-25)56-32-18-29(42-28-16-24(47(7)8)14-15-27(28)32)30-21-58-37(43-30)45-39(54)55-22(2)3/h9,14-16,18,21-23,25-26,31,33H,1,10-13,17,19-20H2,2-8H3,(H,44,53)(H,46,49)(H,51,52)(H,43,45,54). The van der Waals surface area contributed by atoms with Crippen LogP contribution in [0.2, 0.25) is 0 Å². The van der Waals surface area contributed by atoms with Gasteiger partial charge in [-0.05, 0) is 69.6 Å². The number of thiazole rings is 1. The molecule has 5 unspecified atom stereocenters. The number of amides is 4. The lowest BCUT2D eigenvalue weighted by Crippen LogP contribution is -2.59. The third-order valence-corrected chi connectivity index (χ3v) is 11.5. The number of hydrogen-bond acceptors (Lipinski definition) is 12. The summed E-state index contributed by atoms with van der Waals surface area (Å²) in [7, 11) is 3.82. The van der Waals surface area contributed by atoms with E-state index in [9.17, 15) is 29.1 Å². The zero-order valence-corrected chi connectivity index (χ0v) is 34.8. The number of fused-ring (bicyclic) bond motifs is 1. The lowest BCUT2D eigenvalue weighted by Gasteiger charge is -2.35. The maximum Gasteiger partial charge on any atom is 0.413 e. The Bertz CT molecular complexity index is 2080. The van der Waals surface area contributed by atoms with Gasteiger partial charge in [-0.3, -0.25) is 14.9 Å². The second kappa shape index (κ2) is 16.8. The summed E-state index contributed by atoms with van der Waals surface area (Å²) in [6, 6.07) is 5.20. The molecule has 16 nitrogen and oxygen atoms in total. The van der Waals surface area contributed by atoms with Crippen LogP contribution in [0.15, 0.2) is 42.3 Å². The molecule has 1 aromatic carbocycles. The molecule has 0 radical (unpaired) electrons. The Morgan fingerprint density at radius 3 is 2.40 bits per heavy atom. The molecule has 1 saturated heterocycles. The Balaban J connectivity index is 1.33. The summed E-state index contributed by atoms with van der Waals surface area (Å²) in [5.41, 5.74) is 0.0532. The van der Waals surface area contributed by atoms with Crippen LogP contribution in [0.25, 0.3) is 22.3 Å². The number of carbonyl (C=O) groups excluding carboxylic acids is 4. The summed E-state index contributed by atoms with van der Waals surface area (Å²) >= 11 is 1.20. The SMILES string of the molecule is C=CC1CC1(NC(=O)C1CC(Oc2cc(-c3csc(NC(=O)OC(C)C)n3)nc3cc(N(C)C)ccc23)CN1C(=O)C(NC(=O)OC1CCCC1)C(C)(C)C)C(=O)O. The fourth-order valence-corrected chi connectivity index (χ4v) is 8.16. The number of pyridine rings is 1. The van der Waals surface area contributed by atoms with E-state index in [-0.39, 0.29) is 31.6 Å². The van der Waals surface area contributed by atoms with E-state index in [1.165, 1.54) is 22.3 Å². The second-order valence-electron chi connectivity index (χ2n) is 16.8. The van der Waals surface area contributed by atoms with E-state index >= 15 is 0 Å². The number of carbonyl (C=O) groups is 5. The topological polar surface area (TPSA) is 202 Å². The number of nitrogens with zero attached hydrogens (tertiary/aromatic N) is 4.